The second kappa shape index (κ2) is 1.86. The summed E-state index contributed by atoms with van der Waals surface area (Å²) >= 11 is 0. The first-order chi connectivity index (χ1) is 3.77. The van der Waals surface area contributed by atoms with E-state index >= 15 is 0 Å². The van der Waals surface area contributed by atoms with Gasteiger partial charge in [-0.25, -0.2) is 4.39 Å². The number of halogens is 1. The highest BCUT2D eigenvalue weighted by atomic mass is 19.1. The zero-order valence-electron chi connectivity index (χ0n) is 4.78. The van der Waals surface area contributed by atoms with E-state index in [4.69, 9.17) is 0 Å². The second-order valence-corrected chi connectivity index (χ2v) is 2.17. The Morgan fingerprint density at radius 2 is 2.50 bits per heavy atom. The van der Waals surface area contributed by atoms with Gasteiger partial charge in [0.05, 0.1) is 0 Å². The van der Waals surface area contributed by atoms with Gasteiger partial charge in [0.1, 0.15) is 5.67 Å². The third kappa shape index (κ3) is 0.892. The van der Waals surface area contributed by atoms with Crippen LogP contribution in [0.1, 0.15) is 6.42 Å². The molecule has 1 unspecified atom stereocenters. The molecule has 0 aromatic carbocycles. The van der Waals surface area contributed by atoms with Crippen LogP contribution in [-0.2, 0) is 0 Å². The molecule has 0 bridgehead atoms. The van der Waals surface area contributed by atoms with Gasteiger partial charge in [0.2, 0.25) is 0 Å². The van der Waals surface area contributed by atoms with Gasteiger partial charge in [0.15, 0.2) is 0 Å². The molecular formula is C6H10FN. The molecule has 1 fully saturated rings. The summed E-state index contributed by atoms with van der Waals surface area (Å²) in [4.78, 5) is 0. The van der Waals surface area contributed by atoms with Crippen molar-refractivity contribution in [1.29, 1.82) is 0 Å². The molecule has 1 heterocycles. The standard InChI is InChI=1S/C6H10FN/c1-2-6(7)3-4-8-5-6/h2,8H,1,3-5H2. The third-order valence-electron chi connectivity index (χ3n) is 1.50. The first-order valence-corrected chi connectivity index (χ1v) is 2.80. The predicted molar refractivity (Wildman–Crippen MR) is 31.5 cm³/mol. The van der Waals surface area contributed by atoms with Crippen LogP contribution in [0.15, 0.2) is 12.7 Å². The van der Waals surface area contributed by atoms with Gasteiger partial charge in [-0.2, -0.15) is 0 Å². The summed E-state index contributed by atoms with van der Waals surface area (Å²) in [6.07, 6.45) is 1.96. The van der Waals surface area contributed by atoms with E-state index in [-0.39, 0.29) is 0 Å². The molecule has 1 aliphatic rings. The molecule has 1 atom stereocenters. The van der Waals surface area contributed by atoms with E-state index in [1.165, 1.54) is 6.08 Å². The molecule has 0 radical (unpaired) electrons. The summed E-state index contributed by atoms with van der Waals surface area (Å²) in [5.74, 6) is 0. The maximum Gasteiger partial charge on any atom is 0.142 e. The number of hydrogen-bond donors (Lipinski definition) is 1. The van der Waals surface area contributed by atoms with Crippen molar-refractivity contribution in [2.45, 2.75) is 12.1 Å². The van der Waals surface area contributed by atoms with Crippen LogP contribution in [0.3, 0.4) is 0 Å². The van der Waals surface area contributed by atoms with Gasteiger partial charge in [-0.3, -0.25) is 0 Å². The molecule has 0 aliphatic carbocycles. The first-order valence-electron chi connectivity index (χ1n) is 2.80. The topological polar surface area (TPSA) is 12.0 Å². The third-order valence-corrected chi connectivity index (χ3v) is 1.50. The minimum absolute atomic E-state index is 0.441. The monoisotopic (exact) mass is 115 g/mol. The summed E-state index contributed by atoms with van der Waals surface area (Å²) in [5, 5.41) is 2.92. The van der Waals surface area contributed by atoms with Crippen LogP contribution in [-0.4, -0.2) is 18.8 Å². The van der Waals surface area contributed by atoms with Gasteiger partial charge in [0.25, 0.3) is 0 Å². The smallest absolute Gasteiger partial charge is 0.142 e. The van der Waals surface area contributed by atoms with E-state index in [1.54, 1.807) is 0 Å². The Bertz CT molecular complexity index is 94.7. The van der Waals surface area contributed by atoms with Crippen LogP contribution in [0, 0.1) is 0 Å². The lowest BCUT2D eigenvalue weighted by Gasteiger charge is -2.09. The highest BCUT2D eigenvalue weighted by molar-refractivity contribution is 5.01. The average molecular weight is 115 g/mol. The summed E-state index contributed by atoms with van der Waals surface area (Å²) < 4.78 is 12.9. The minimum Gasteiger partial charge on any atom is -0.313 e. The van der Waals surface area contributed by atoms with Crippen LogP contribution in [0.4, 0.5) is 4.39 Å². The molecule has 1 N–H and O–H groups in total. The predicted octanol–water partition coefficient (Wildman–Crippen LogP) is 0.874. The van der Waals surface area contributed by atoms with Crippen molar-refractivity contribution in [2.75, 3.05) is 13.1 Å². The summed E-state index contributed by atoms with van der Waals surface area (Å²) in [5.41, 5.74) is -1.11. The Hall–Kier alpha value is -0.370. The summed E-state index contributed by atoms with van der Waals surface area (Å²) in [6.45, 7) is 4.62. The van der Waals surface area contributed by atoms with E-state index in [0.717, 1.165) is 6.54 Å². The van der Waals surface area contributed by atoms with Crippen molar-refractivity contribution in [2.24, 2.45) is 0 Å². The Morgan fingerprint density at radius 1 is 1.75 bits per heavy atom. The van der Waals surface area contributed by atoms with Gasteiger partial charge >= 0.3 is 0 Å². The fraction of sp³-hybridized carbons (Fsp3) is 0.667. The maximum atomic E-state index is 12.9. The van der Waals surface area contributed by atoms with Crippen LogP contribution < -0.4 is 5.32 Å². The van der Waals surface area contributed by atoms with Gasteiger partial charge in [-0.05, 0) is 13.0 Å². The van der Waals surface area contributed by atoms with Crippen LogP contribution in [0.5, 0.6) is 0 Å². The van der Waals surface area contributed by atoms with Crippen molar-refractivity contribution < 1.29 is 4.39 Å². The highest BCUT2D eigenvalue weighted by Gasteiger charge is 2.29. The molecule has 0 spiro atoms. The SMILES string of the molecule is C=CC1(F)CCNC1. The molecule has 0 saturated carbocycles. The van der Waals surface area contributed by atoms with E-state index in [9.17, 15) is 4.39 Å². The van der Waals surface area contributed by atoms with Gasteiger partial charge in [-0.1, -0.05) is 12.7 Å². The Labute approximate surface area is 48.6 Å². The molecule has 1 rings (SSSR count). The normalized spacial score (nSPS) is 37.6. The number of hydrogen-bond acceptors (Lipinski definition) is 1. The lowest BCUT2D eigenvalue weighted by atomic mass is 10.1. The summed E-state index contributed by atoms with van der Waals surface area (Å²) in [6, 6.07) is 0. The van der Waals surface area contributed by atoms with Crippen LogP contribution in [0.25, 0.3) is 0 Å². The van der Waals surface area contributed by atoms with Gasteiger partial charge in [0, 0.05) is 6.54 Å². The molecule has 1 nitrogen and oxygen atoms in total. The fourth-order valence-electron chi connectivity index (χ4n) is 0.855. The molecule has 0 aromatic rings. The van der Waals surface area contributed by atoms with Gasteiger partial charge < -0.3 is 5.32 Å². The van der Waals surface area contributed by atoms with Crippen LogP contribution in [0.2, 0.25) is 0 Å². The van der Waals surface area contributed by atoms with Crippen molar-refractivity contribution in [3.63, 3.8) is 0 Å². The average Bonchev–Trinajstić information content (AvgIpc) is 2.17. The Morgan fingerprint density at radius 3 is 2.75 bits per heavy atom. The molecule has 0 amide bonds. The van der Waals surface area contributed by atoms with Crippen molar-refractivity contribution in [3.8, 4) is 0 Å². The fourth-order valence-corrected chi connectivity index (χ4v) is 0.855. The molecule has 0 aromatic heterocycles. The zero-order valence-corrected chi connectivity index (χ0v) is 4.78. The van der Waals surface area contributed by atoms with E-state index in [1.807, 2.05) is 0 Å². The Kier molecular flexibility index (Phi) is 1.34. The van der Waals surface area contributed by atoms with Crippen LogP contribution >= 0.6 is 0 Å². The largest absolute Gasteiger partial charge is 0.313 e. The number of alkyl halides is 1. The lowest BCUT2D eigenvalue weighted by molar-refractivity contribution is 0.259. The molecular weight excluding hydrogens is 105 g/mol. The second-order valence-electron chi connectivity index (χ2n) is 2.17. The van der Waals surface area contributed by atoms with E-state index in [0.29, 0.717) is 13.0 Å². The van der Waals surface area contributed by atoms with Gasteiger partial charge in [-0.15, -0.1) is 0 Å². The molecule has 2 heteroatoms. The first kappa shape index (κ1) is 5.76. The quantitative estimate of drug-likeness (QED) is 0.500. The molecule has 8 heavy (non-hydrogen) atoms. The van der Waals surface area contributed by atoms with Crippen molar-refractivity contribution in [1.82, 2.24) is 5.32 Å². The number of nitrogens with one attached hydrogen (secondary N) is 1. The van der Waals surface area contributed by atoms with Crippen molar-refractivity contribution in [3.05, 3.63) is 12.7 Å². The maximum absolute atomic E-state index is 12.9. The Balaban J connectivity index is 2.52. The molecule has 46 valence electrons. The summed E-state index contributed by atoms with van der Waals surface area (Å²) in [7, 11) is 0. The highest BCUT2D eigenvalue weighted by Crippen LogP contribution is 2.19. The van der Waals surface area contributed by atoms with E-state index in [2.05, 4.69) is 11.9 Å². The molecule has 1 aliphatic heterocycles. The van der Waals surface area contributed by atoms with E-state index < -0.39 is 5.67 Å². The van der Waals surface area contributed by atoms with Crippen molar-refractivity contribution >= 4 is 0 Å². The zero-order chi connectivity index (χ0) is 6.04. The lowest BCUT2D eigenvalue weighted by Crippen LogP contribution is -2.22. The number of rotatable bonds is 1. The molecule has 1 saturated heterocycles. The minimum atomic E-state index is -1.11.